The van der Waals surface area contributed by atoms with Gasteiger partial charge in [0.2, 0.25) is 5.91 Å². The summed E-state index contributed by atoms with van der Waals surface area (Å²) in [5.41, 5.74) is 2.87. The van der Waals surface area contributed by atoms with Crippen LogP contribution in [0.25, 0.3) is 10.2 Å². The molecular weight excluding hydrogens is 567 g/mol. The number of benzene rings is 2. The van der Waals surface area contributed by atoms with E-state index in [1.165, 1.54) is 5.56 Å². The van der Waals surface area contributed by atoms with Crippen LogP contribution >= 0.6 is 34.5 Å². The average molecular weight is 596 g/mol. The van der Waals surface area contributed by atoms with Crippen LogP contribution in [0.1, 0.15) is 10.4 Å². The second kappa shape index (κ2) is 11.6. The largest absolute Gasteiger partial charge is 0.506 e. The molecule has 2 aliphatic heterocycles. The lowest BCUT2D eigenvalue weighted by Crippen LogP contribution is -2.46. The molecule has 1 amide bonds. The second-order valence-electron chi connectivity index (χ2n) is 9.85. The van der Waals surface area contributed by atoms with Gasteiger partial charge in [-0.2, -0.15) is 0 Å². The monoisotopic (exact) mass is 594 g/mol. The summed E-state index contributed by atoms with van der Waals surface area (Å²) in [6.07, 6.45) is 5.96. The molecule has 40 heavy (non-hydrogen) atoms. The Morgan fingerprint density at radius 1 is 1.05 bits per heavy atom. The molecule has 0 radical (unpaired) electrons. The first-order chi connectivity index (χ1) is 19.5. The van der Waals surface area contributed by atoms with Gasteiger partial charge in [-0.1, -0.05) is 41.4 Å². The number of fused-ring (bicyclic) bond motifs is 3. The Labute approximate surface area is 246 Å². The average Bonchev–Trinajstić information content (AvgIpc) is 3.34. The molecule has 6 rings (SSSR count). The minimum Gasteiger partial charge on any atom is -0.506 e. The van der Waals surface area contributed by atoms with Gasteiger partial charge < -0.3 is 20.2 Å². The normalized spacial score (nSPS) is 16.1. The van der Waals surface area contributed by atoms with E-state index in [9.17, 15) is 9.90 Å². The predicted molar refractivity (Wildman–Crippen MR) is 162 cm³/mol. The third kappa shape index (κ3) is 5.60. The lowest BCUT2D eigenvalue weighted by atomic mass is 10.0. The van der Waals surface area contributed by atoms with Crippen LogP contribution in [0.2, 0.25) is 10.0 Å². The maximum Gasteiger partial charge on any atom is 0.246 e. The SMILES string of the molecule is O=C(/C=C/CN1CCN(c2ccccc2O)CC1)N1CCc2c(sc3ncnc(Nc4ccc(Cl)c(Cl)c4)c23)C1. The van der Waals surface area contributed by atoms with E-state index < -0.39 is 0 Å². The predicted octanol–water partition coefficient (Wildman–Crippen LogP) is 5.71. The number of amides is 1. The van der Waals surface area contributed by atoms with E-state index in [0.29, 0.717) is 28.9 Å². The minimum atomic E-state index is 0.0242. The van der Waals surface area contributed by atoms with Crippen LogP contribution in [0.3, 0.4) is 0 Å². The van der Waals surface area contributed by atoms with Gasteiger partial charge in [0.1, 0.15) is 22.7 Å². The van der Waals surface area contributed by atoms with Gasteiger partial charge in [-0.3, -0.25) is 9.69 Å². The number of phenolic OH excluding ortho intramolecular Hbond substituents is 1. The summed E-state index contributed by atoms with van der Waals surface area (Å²) in [7, 11) is 0. The summed E-state index contributed by atoms with van der Waals surface area (Å²) in [6.45, 7) is 5.35. The van der Waals surface area contributed by atoms with Crippen LogP contribution in [0.5, 0.6) is 5.75 Å². The zero-order valence-electron chi connectivity index (χ0n) is 21.7. The Morgan fingerprint density at radius 2 is 1.88 bits per heavy atom. The molecule has 0 saturated carbocycles. The third-order valence-electron chi connectivity index (χ3n) is 7.35. The highest BCUT2D eigenvalue weighted by Gasteiger charge is 2.26. The number of carbonyl (C=O) groups excluding carboxylic acids is 1. The second-order valence-corrected chi connectivity index (χ2v) is 11.7. The molecule has 2 aliphatic rings. The first-order valence-corrected chi connectivity index (χ1v) is 14.7. The number of carbonyl (C=O) groups is 1. The molecule has 8 nitrogen and oxygen atoms in total. The summed E-state index contributed by atoms with van der Waals surface area (Å²) >= 11 is 13.9. The summed E-state index contributed by atoms with van der Waals surface area (Å²) < 4.78 is 0. The zero-order chi connectivity index (χ0) is 27.6. The van der Waals surface area contributed by atoms with Crippen LogP contribution in [0.4, 0.5) is 17.2 Å². The molecule has 1 fully saturated rings. The van der Waals surface area contributed by atoms with Gasteiger partial charge in [-0.15, -0.1) is 11.3 Å². The molecule has 0 unspecified atom stereocenters. The van der Waals surface area contributed by atoms with Gasteiger partial charge in [0.25, 0.3) is 0 Å². The van der Waals surface area contributed by atoms with Crippen molar-refractivity contribution in [1.82, 2.24) is 19.8 Å². The molecule has 206 valence electrons. The lowest BCUT2D eigenvalue weighted by molar-refractivity contribution is -0.126. The highest BCUT2D eigenvalue weighted by atomic mass is 35.5. The van der Waals surface area contributed by atoms with E-state index in [1.807, 2.05) is 35.2 Å². The summed E-state index contributed by atoms with van der Waals surface area (Å²) in [4.78, 5) is 30.5. The van der Waals surface area contributed by atoms with Crippen molar-refractivity contribution in [2.75, 3.05) is 49.5 Å². The maximum absolute atomic E-state index is 13.0. The van der Waals surface area contributed by atoms with Crippen LogP contribution in [0.15, 0.2) is 60.9 Å². The van der Waals surface area contributed by atoms with Crippen LogP contribution < -0.4 is 10.2 Å². The molecule has 0 aliphatic carbocycles. The van der Waals surface area contributed by atoms with E-state index >= 15 is 0 Å². The van der Waals surface area contributed by atoms with Crippen molar-refractivity contribution in [1.29, 1.82) is 0 Å². The zero-order valence-corrected chi connectivity index (χ0v) is 24.0. The molecule has 2 aromatic heterocycles. The molecule has 1 saturated heterocycles. The first kappa shape index (κ1) is 26.8. The van der Waals surface area contributed by atoms with E-state index in [1.54, 1.807) is 41.9 Å². The lowest BCUT2D eigenvalue weighted by Gasteiger charge is -2.35. The number of hydrogen-bond donors (Lipinski definition) is 2. The van der Waals surface area contributed by atoms with Gasteiger partial charge in [-0.25, -0.2) is 9.97 Å². The van der Waals surface area contributed by atoms with Gasteiger partial charge in [0.15, 0.2) is 0 Å². The highest BCUT2D eigenvalue weighted by molar-refractivity contribution is 7.19. The van der Waals surface area contributed by atoms with Crippen molar-refractivity contribution in [3.63, 3.8) is 0 Å². The molecule has 2 N–H and O–H groups in total. The molecule has 0 spiro atoms. The number of aromatic nitrogens is 2. The Hall–Kier alpha value is -3.37. The number of hydrogen-bond acceptors (Lipinski definition) is 8. The van der Waals surface area contributed by atoms with Crippen LogP contribution in [0, 0.1) is 0 Å². The molecule has 4 aromatic rings. The summed E-state index contributed by atoms with van der Waals surface area (Å²) in [5.74, 6) is 1.06. The van der Waals surface area contributed by atoms with Gasteiger partial charge in [-0.05, 0) is 42.3 Å². The van der Waals surface area contributed by atoms with Crippen molar-refractivity contribution in [3.05, 3.63) is 81.4 Å². The van der Waals surface area contributed by atoms with E-state index in [4.69, 9.17) is 23.2 Å². The number of nitrogens with zero attached hydrogens (tertiary/aromatic N) is 5. The van der Waals surface area contributed by atoms with Crippen molar-refractivity contribution < 1.29 is 9.90 Å². The number of rotatable bonds is 6. The topological polar surface area (TPSA) is 84.8 Å². The molecule has 4 heterocycles. The Balaban J connectivity index is 1.07. The number of halogens is 2. The molecule has 0 bridgehead atoms. The maximum atomic E-state index is 13.0. The first-order valence-electron chi connectivity index (χ1n) is 13.1. The Kier molecular flexibility index (Phi) is 7.80. The quantitative estimate of drug-likeness (QED) is 0.276. The van der Waals surface area contributed by atoms with Crippen LogP contribution in [-0.2, 0) is 17.8 Å². The molecule has 2 aromatic carbocycles. The number of para-hydroxylation sites is 2. The third-order valence-corrected chi connectivity index (χ3v) is 9.21. The summed E-state index contributed by atoms with van der Waals surface area (Å²) in [6, 6.07) is 12.8. The van der Waals surface area contributed by atoms with Gasteiger partial charge >= 0.3 is 0 Å². The molecule has 11 heteroatoms. The van der Waals surface area contributed by atoms with Crippen molar-refractivity contribution in [2.24, 2.45) is 0 Å². The van der Waals surface area contributed by atoms with Crippen LogP contribution in [-0.4, -0.2) is 70.1 Å². The van der Waals surface area contributed by atoms with Crippen molar-refractivity contribution in [3.8, 4) is 5.75 Å². The Morgan fingerprint density at radius 3 is 2.67 bits per heavy atom. The fraction of sp³-hybridized carbons (Fsp3) is 0.276. The molecule has 0 atom stereocenters. The van der Waals surface area contributed by atoms with E-state index in [0.717, 1.165) is 71.4 Å². The number of thiophene rings is 1. The van der Waals surface area contributed by atoms with Crippen molar-refractivity contribution in [2.45, 2.75) is 13.0 Å². The number of aromatic hydroxyl groups is 1. The van der Waals surface area contributed by atoms with E-state index in [2.05, 4.69) is 25.1 Å². The number of nitrogens with one attached hydrogen (secondary N) is 1. The fourth-order valence-electron chi connectivity index (χ4n) is 5.23. The van der Waals surface area contributed by atoms with Gasteiger partial charge in [0, 0.05) is 55.9 Å². The number of phenols is 1. The standard InChI is InChI=1S/C29H28Cl2N6O2S/c30-21-8-7-19(16-22(21)31)34-28-27-20-9-11-37(17-25(20)40-29(27)33-18-32-28)26(39)6-3-10-35-12-14-36(15-13-35)23-4-1-2-5-24(23)38/h1-8,16,18,38H,9-15,17H2,(H,32,33,34)/b6-3+. The highest BCUT2D eigenvalue weighted by Crippen LogP contribution is 2.38. The summed E-state index contributed by atoms with van der Waals surface area (Å²) in [5, 5.41) is 15.5. The number of piperazine rings is 1. The molecular formula is C29H28Cl2N6O2S. The van der Waals surface area contributed by atoms with Gasteiger partial charge in [0.05, 0.1) is 27.7 Å². The number of anilines is 3. The van der Waals surface area contributed by atoms with E-state index in [-0.39, 0.29) is 5.91 Å². The minimum absolute atomic E-state index is 0.0242. The Bertz CT molecular complexity index is 1580. The van der Waals surface area contributed by atoms with Crippen molar-refractivity contribution >= 4 is 67.9 Å². The fourth-order valence-corrected chi connectivity index (χ4v) is 6.73. The smallest absolute Gasteiger partial charge is 0.246 e.